The van der Waals surface area contributed by atoms with Crippen molar-refractivity contribution in [2.24, 2.45) is 0 Å². The van der Waals surface area contributed by atoms with E-state index in [9.17, 15) is 18.0 Å². The quantitative estimate of drug-likeness (QED) is 0.267. The zero-order valence-electron chi connectivity index (χ0n) is 24.9. The van der Waals surface area contributed by atoms with Crippen LogP contribution < -0.4 is 9.62 Å². The number of sulfonamides is 1. The molecule has 2 amide bonds. The van der Waals surface area contributed by atoms with Crippen molar-refractivity contribution in [3.63, 3.8) is 0 Å². The Bertz CT molecular complexity index is 1450. The van der Waals surface area contributed by atoms with Gasteiger partial charge in [-0.15, -0.1) is 11.8 Å². The number of amides is 2. The first-order valence-electron chi connectivity index (χ1n) is 14.5. The molecule has 0 aliphatic heterocycles. The molecule has 1 aliphatic rings. The summed E-state index contributed by atoms with van der Waals surface area (Å²) in [6.07, 6.45) is 7.11. The Morgan fingerprint density at radius 1 is 0.881 bits per heavy atom. The highest BCUT2D eigenvalue weighted by Gasteiger charge is 2.33. The van der Waals surface area contributed by atoms with Crippen molar-refractivity contribution in [3.8, 4) is 0 Å². The second-order valence-corrected chi connectivity index (χ2v) is 13.8. The van der Waals surface area contributed by atoms with E-state index >= 15 is 0 Å². The van der Waals surface area contributed by atoms with Gasteiger partial charge in [0.25, 0.3) is 10.0 Å². The topological polar surface area (TPSA) is 86.8 Å². The maximum absolute atomic E-state index is 14.1. The molecule has 1 saturated carbocycles. The lowest BCUT2D eigenvalue weighted by Crippen LogP contribution is -2.53. The second kappa shape index (κ2) is 14.2. The maximum Gasteiger partial charge on any atom is 0.264 e. The summed E-state index contributed by atoms with van der Waals surface area (Å²) < 4.78 is 29.2. The molecule has 1 unspecified atom stereocenters. The minimum atomic E-state index is -4.09. The van der Waals surface area contributed by atoms with Crippen LogP contribution in [0.3, 0.4) is 0 Å². The van der Waals surface area contributed by atoms with Crippen molar-refractivity contribution in [2.45, 2.75) is 81.3 Å². The molecule has 4 rings (SSSR count). The van der Waals surface area contributed by atoms with Crippen LogP contribution in [0, 0.1) is 13.8 Å². The number of carbonyl (C=O) groups excluding carboxylic acids is 2. The summed E-state index contributed by atoms with van der Waals surface area (Å²) >= 11 is 1.52. The number of anilines is 1. The van der Waals surface area contributed by atoms with E-state index in [0.717, 1.165) is 51.6 Å². The molecular weight excluding hydrogens is 567 g/mol. The van der Waals surface area contributed by atoms with E-state index in [0.29, 0.717) is 5.69 Å². The van der Waals surface area contributed by atoms with E-state index in [1.165, 1.54) is 23.1 Å². The Labute approximate surface area is 254 Å². The van der Waals surface area contributed by atoms with E-state index < -0.39 is 28.5 Å². The van der Waals surface area contributed by atoms with E-state index in [-0.39, 0.29) is 23.4 Å². The average Bonchev–Trinajstić information content (AvgIpc) is 3.00. The molecule has 0 spiro atoms. The van der Waals surface area contributed by atoms with E-state index in [2.05, 4.69) is 5.32 Å². The van der Waals surface area contributed by atoms with Crippen LogP contribution in [0.2, 0.25) is 0 Å². The minimum absolute atomic E-state index is 0.0960. The predicted molar refractivity (Wildman–Crippen MR) is 170 cm³/mol. The Balaban J connectivity index is 1.66. The van der Waals surface area contributed by atoms with Crippen LogP contribution in [0.5, 0.6) is 0 Å². The number of benzene rings is 3. The maximum atomic E-state index is 14.1. The first-order chi connectivity index (χ1) is 20.1. The second-order valence-electron chi connectivity index (χ2n) is 11.0. The summed E-state index contributed by atoms with van der Waals surface area (Å²) in [5.41, 5.74) is 3.31. The standard InChI is InChI=1S/C33H41N3O4S2/c1-24-10-14-27(15-11-24)22-35(26(3)33(38)34-28-8-6-5-7-9-28)32(37)23-36(29-16-12-25(2)13-17-29)42(39,40)31-20-18-30(41-4)19-21-31/h10-21,26,28H,5-9,22-23H2,1-4H3,(H,34,38). The first kappa shape index (κ1) is 31.6. The fourth-order valence-electron chi connectivity index (χ4n) is 5.16. The van der Waals surface area contributed by atoms with Gasteiger partial charge in [0, 0.05) is 17.5 Å². The number of aryl methyl sites for hydroxylation is 2. The first-order valence-corrected chi connectivity index (χ1v) is 17.1. The molecule has 3 aromatic carbocycles. The smallest absolute Gasteiger partial charge is 0.264 e. The van der Waals surface area contributed by atoms with Crippen LogP contribution in [0.15, 0.2) is 82.6 Å². The number of thioether (sulfide) groups is 1. The van der Waals surface area contributed by atoms with Crippen LogP contribution in [-0.2, 0) is 26.2 Å². The molecule has 0 bridgehead atoms. The van der Waals surface area contributed by atoms with E-state index in [1.807, 2.05) is 56.5 Å². The Morgan fingerprint density at radius 3 is 2.02 bits per heavy atom. The number of nitrogens with one attached hydrogen (secondary N) is 1. The molecule has 0 heterocycles. The number of carbonyl (C=O) groups is 2. The van der Waals surface area contributed by atoms with E-state index in [1.54, 1.807) is 43.3 Å². The number of hydrogen-bond acceptors (Lipinski definition) is 5. The molecular formula is C33H41N3O4S2. The molecule has 1 aliphatic carbocycles. The zero-order chi connectivity index (χ0) is 30.3. The van der Waals surface area contributed by atoms with Crippen molar-refractivity contribution in [2.75, 3.05) is 17.1 Å². The van der Waals surface area contributed by atoms with Crippen molar-refractivity contribution in [1.29, 1.82) is 0 Å². The third-order valence-corrected chi connectivity index (χ3v) is 10.4. The Hall–Kier alpha value is -3.30. The lowest BCUT2D eigenvalue weighted by molar-refractivity contribution is -0.139. The molecule has 42 heavy (non-hydrogen) atoms. The Morgan fingerprint density at radius 2 is 1.45 bits per heavy atom. The molecule has 1 atom stereocenters. The highest BCUT2D eigenvalue weighted by atomic mass is 32.2. The molecule has 1 N–H and O–H groups in total. The largest absolute Gasteiger partial charge is 0.352 e. The molecule has 7 nitrogen and oxygen atoms in total. The summed E-state index contributed by atoms with van der Waals surface area (Å²) in [5.74, 6) is -0.675. The summed E-state index contributed by atoms with van der Waals surface area (Å²) in [7, 11) is -4.09. The van der Waals surface area contributed by atoms with Crippen LogP contribution >= 0.6 is 11.8 Å². The SMILES string of the molecule is CSc1ccc(S(=O)(=O)N(CC(=O)N(Cc2ccc(C)cc2)C(C)C(=O)NC2CCCCC2)c2ccc(C)cc2)cc1. The lowest BCUT2D eigenvalue weighted by atomic mass is 9.95. The molecule has 224 valence electrons. The molecule has 0 aromatic heterocycles. The van der Waals surface area contributed by atoms with Gasteiger partial charge in [-0.25, -0.2) is 8.42 Å². The number of nitrogens with zero attached hydrogens (tertiary/aromatic N) is 2. The number of hydrogen-bond donors (Lipinski definition) is 1. The molecule has 9 heteroatoms. The summed E-state index contributed by atoms with van der Waals surface area (Å²) in [6, 6.07) is 20.8. The van der Waals surface area contributed by atoms with Gasteiger partial charge in [0.2, 0.25) is 11.8 Å². The summed E-state index contributed by atoms with van der Waals surface area (Å²) in [4.78, 5) is 30.1. The third kappa shape index (κ3) is 7.95. The van der Waals surface area contributed by atoms with Crippen LogP contribution in [-0.4, -0.2) is 50.0 Å². The van der Waals surface area contributed by atoms with Gasteiger partial charge in [0.05, 0.1) is 10.6 Å². The highest BCUT2D eigenvalue weighted by Crippen LogP contribution is 2.27. The summed E-state index contributed by atoms with van der Waals surface area (Å²) in [6.45, 7) is 5.37. The van der Waals surface area contributed by atoms with Crippen LogP contribution in [0.4, 0.5) is 5.69 Å². The normalized spacial score (nSPS) is 14.7. The minimum Gasteiger partial charge on any atom is -0.352 e. The van der Waals surface area contributed by atoms with Gasteiger partial charge in [-0.1, -0.05) is 66.8 Å². The molecule has 3 aromatic rings. The molecule has 0 saturated heterocycles. The van der Waals surface area contributed by atoms with Gasteiger partial charge in [0.15, 0.2) is 0 Å². The van der Waals surface area contributed by atoms with Crippen molar-refractivity contribution in [3.05, 3.63) is 89.5 Å². The average molecular weight is 608 g/mol. The van der Waals surface area contributed by atoms with Crippen molar-refractivity contribution in [1.82, 2.24) is 10.2 Å². The Kier molecular flexibility index (Phi) is 10.7. The zero-order valence-corrected chi connectivity index (χ0v) is 26.5. The van der Waals surface area contributed by atoms with Gasteiger partial charge < -0.3 is 10.2 Å². The van der Waals surface area contributed by atoms with Crippen LogP contribution in [0.1, 0.15) is 55.7 Å². The molecule has 1 fully saturated rings. The van der Waals surface area contributed by atoms with Gasteiger partial charge in [0.1, 0.15) is 12.6 Å². The predicted octanol–water partition coefficient (Wildman–Crippen LogP) is 6.09. The van der Waals surface area contributed by atoms with Gasteiger partial charge in [-0.2, -0.15) is 0 Å². The fraction of sp³-hybridized carbons (Fsp3) is 0.394. The summed E-state index contributed by atoms with van der Waals surface area (Å²) in [5, 5.41) is 3.14. The van der Waals surface area contributed by atoms with Gasteiger partial charge in [-0.3, -0.25) is 13.9 Å². The fourth-order valence-corrected chi connectivity index (χ4v) is 6.98. The third-order valence-electron chi connectivity index (χ3n) is 7.84. The monoisotopic (exact) mass is 607 g/mol. The van der Waals surface area contributed by atoms with Crippen molar-refractivity contribution >= 4 is 39.3 Å². The number of rotatable bonds is 11. The van der Waals surface area contributed by atoms with Gasteiger partial charge >= 0.3 is 0 Å². The lowest BCUT2D eigenvalue weighted by Gasteiger charge is -2.33. The van der Waals surface area contributed by atoms with E-state index in [4.69, 9.17) is 0 Å². The van der Waals surface area contributed by atoms with Crippen molar-refractivity contribution < 1.29 is 18.0 Å². The van der Waals surface area contributed by atoms with Gasteiger partial charge in [-0.05, 0) is 81.8 Å². The molecule has 0 radical (unpaired) electrons. The van der Waals surface area contributed by atoms with Crippen LogP contribution in [0.25, 0.3) is 0 Å². The highest BCUT2D eigenvalue weighted by molar-refractivity contribution is 7.98.